The Labute approximate surface area is 158 Å². The standard InChI is InChI=1S/C22H34N2O2/c1-18-7-9-20(10-8-18)17-22(25)24-13-11-23(12-14-24)15-16-26-21-6-4-3-5-19(21)2/h7-10,19,21H,3-6,11-17H2,1-2H3. The second kappa shape index (κ2) is 9.52. The zero-order chi connectivity index (χ0) is 18.4. The molecule has 1 aromatic carbocycles. The van der Waals surface area contributed by atoms with Crippen LogP contribution in [0.15, 0.2) is 24.3 Å². The Bertz CT molecular complexity index is 564. The number of nitrogens with zero attached hydrogens (tertiary/aromatic N) is 2. The van der Waals surface area contributed by atoms with Gasteiger partial charge in [0.05, 0.1) is 19.1 Å². The number of benzene rings is 1. The van der Waals surface area contributed by atoms with E-state index in [0.29, 0.717) is 18.4 Å². The minimum atomic E-state index is 0.251. The molecule has 0 N–H and O–H groups in total. The van der Waals surface area contributed by atoms with E-state index in [-0.39, 0.29) is 5.91 Å². The van der Waals surface area contributed by atoms with Gasteiger partial charge < -0.3 is 9.64 Å². The Morgan fingerprint density at radius 1 is 1.08 bits per heavy atom. The Hall–Kier alpha value is -1.39. The van der Waals surface area contributed by atoms with E-state index in [1.807, 2.05) is 4.90 Å². The number of hydrogen-bond donors (Lipinski definition) is 0. The first-order valence-electron chi connectivity index (χ1n) is 10.3. The van der Waals surface area contributed by atoms with Crippen LogP contribution in [-0.4, -0.2) is 61.1 Å². The summed E-state index contributed by atoms with van der Waals surface area (Å²) in [5.41, 5.74) is 2.35. The molecule has 1 aliphatic carbocycles. The van der Waals surface area contributed by atoms with Crippen LogP contribution in [0.5, 0.6) is 0 Å². The van der Waals surface area contributed by atoms with E-state index in [9.17, 15) is 4.79 Å². The van der Waals surface area contributed by atoms with E-state index < -0.39 is 0 Å². The summed E-state index contributed by atoms with van der Waals surface area (Å²) < 4.78 is 6.14. The number of carbonyl (C=O) groups is 1. The largest absolute Gasteiger partial charge is 0.377 e. The summed E-state index contributed by atoms with van der Waals surface area (Å²) in [6.07, 6.45) is 6.19. The predicted molar refractivity (Wildman–Crippen MR) is 105 cm³/mol. The molecule has 0 bridgehead atoms. The summed E-state index contributed by atoms with van der Waals surface area (Å²) in [7, 11) is 0. The summed E-state index contributed by atoms with van der Waals surface area (Å²) in [5.74, 6) is 0.959. The van der Waals surface area contributed by atoms with Crippen molar-refractivity contribution >= 4 is 5.91 Å². The van der Waals surface area contributed by atoms with Gasteiger partial charge in [0.2, 0.25) is 5.91 Å². The average molecular weight is 359 g/mol. The van der Waals surface area contributed by atoms with Gasteiger partial charge in [-0.05, 0) is 31.2 Å². The lowest BCUT2D eigenvalue weighted by atomic mass is 9.88. The van der Waals surface area contributed by atoms with Gasteiger partial charge in [-0.2, -0.15) is 0 Å². The average Bonchev–Trinajstić information content (AvgIpc) is 2.66. The smallest absolute Gasteiger partial charge is 0.227 e. The van der Waals surface area contributed by atoms with Crippen molar-refractivity contribution in [3.8, 4) is 0 Å². The summed E-state index contributed by atoms with van der Waals surface area (Å²) >= 11 is 0. The lowest BCUT2D eigenvalue weighted by Crippen LogP contribution is -2.50. The fourth-order valence-electron chi connectivity index (χ4n) is 4.08. The Morgan fingerprint density at radius 2 is 1.77 bits per heavy atom. The number of amides is 1. The quantitative estimate of drug-likeness (QED) is 0.782. The topological polar surface area (TPSA) is 32.8 Å². The van der Waals surface area contributed by atoms with Crippen LogP contribution in [0.3, 0.4) is 0 Å². The van der Waals surface area contributed by atoms with Crippen molar-refractivity contribution in [2.45, 2.75) is 52.1 Å². The van der Waals surface area contributed by atoms with Crippen molar-refractivity contribution in [3.63, 3.8) is 0 Å². The molecule has 0 aromatic heterocycles. The Balaban J connectivity index is 1.34. The highest BCUT2D eigenvalue weighted by Gasteiger charge is 2.23. The van der Waals surface area contributed by atoms with E-state index in [1.54, 1.807) is 0 Å². The van der Waals surface area contributed by atoms with Gasteiger partial charge in [-0.3, -0.25) is 9.69 Å². The molecule has 0 spiro atoms. The lowest BCUT2D eigenvalue weighted by molar-refractivity contribution is -0.132. The summed E-state index contributed by atoms with van der Waals surface area (Å²) in [5, 5.41) is 0. The van der Waals surface area contributed by atoms with Crippen LogP contribution in [0.25, 0.3) is 0 Å². The summed E-state index contributed by atoms with van der Waals surface area (Å²) in [6.45, 7) is 9.81. The fraction of sp³-hybridized carbons (Fsp3) is 0.682. The van der Waals surface area contributed by atoms with E-state index in [2.05, 4.69) is 43.0 Å². The van der Waals surface area contributed by atoms with E-state index in [4.69, 9.17) is 4.74 Å². The fourth-order valence-corrected chi connectivity index (χ4v) is 4.08. The maximum absolute atomic E-state index is 12.5. The van der Waals surface area contributed by atoms with Crippen molar-refractivity contribution < 1.29 is 9.53 Å². The van der Waals surface area contributed by atoms with Gasteiger partial charge in [0.25, 0.3) is 0 Å². The molecule has 1 aliphatic heterocycles. The summed E-state index contributed by atoms with van der Waals surface area (Å²) in [6, 6.07) is 8.28. The number of ether oxygens (including phenoxy) is 1. The molecule has 4 nitrogen and oxygen atoms in total. The van der Waals surface area contributed by atoms with Crippen molar-refractivity contribution in [2.24, 2.45) is 5.92 Å². The van der Waals surface area contributed by atoms with Crippen LogP contribution in [0.4, 0.5) is 0 Å². The first kappa shape index (κ1) is 19.4. The normalized spacial score (nSPS) is 24.6. The highest BCUT2D eigenvalue weighted by molar-refractivity contribution is 5.78. The third-order valence-electron chi connectivity index (χ3n) is 5.97. The minimum absolute atomic E-state index is 0.251. The third-order valence-corrected chi connectivity index (χ3v) is 5.97. The first-order valence-corrected chi connectivity index (χ1v) is 10.3. The number of hydrogen-bond acceptors (Lipinski definition) is 3. The molecule has 1 heterocycles. The highest BCUT2D eigenvalue weighted by atomic mass is 16.5. The minimum Gasteiger partial charge on any atom is -0.377 e. The van der Waals surface area contributed by atoms with Gasteiger partial charge in [-0.1, -0.05) is 49.6 Å². The van der Waals surface area contributed by atoms with Gasteiger partial charge in [-0.15, -0.1) is 0 Å². The molecule has 1 aromatic rings. The number of piperazine rings is 1. The van der Waals surface area contributed by atoms with Crippen LogP contribution in [-0.2, 0) is 16.0 Å². The molecule has 2 atom stereocenters. The highest BCUT2D eigenvalue weighted by Crippen LogP contribution is 2.26. The molecule has 4 heteroatoms. The molecule has 1 amide bonds. The van der Waals surface area contributed by atoms with Crippen molar-refractivity contribution in [3.05, 3.63) is 35.4 Å². The van der Waals surface area contributed by atoms with Crippen molar-refractivity contribution in [1.29, 1.82) is 0 Å². The van der Waals surface area contributed by atoms with Gasteiger partial charge in [0.1, 0.15) is 0 Å². The van der Waals surface area contributed by atoms with Crippen molar-refractivity contribution in [1.82, 2.24) is 9.80 Å². The predicted octanol–water partition coefficient (Wildman–Crippen LogP) is 3.28. The first-order chi connectivity index (χ1) is 12.6. The van der Waals surface area contributed by atoms with Crippen LogP contribution < -0.4 is 0 Å². The number of aryl methyl sites for hydroxylation is 1. The van der Waals surface area contributed by atoms with E-state index >= 15 is 0 Å². The second-order valence-corrected chi connectivity index (χ2v) is 8.06. The van der Waals surface area contributed by atoms with Crippen molar-refractivity contribution in [2.75, 3.05) is 39.3 Å². The molecule has 1 saturated carbocycles. The SMILES string of the molecule is Cc1ccc(CC(=O)N2CCN(CCOC3CCCCC3C)CC2)cc1. The molecule has 1 saturated heterocycles. The third kappa shape index (κ3) is 5.55. The monoisotopic (exact) mass is 358 g/mol. The lowest BCUT2D eigenvalue weighted by Gasteiger charge is -2.35. The van der Waals surface area contributed by atoms with Gasteiger partial charge in [-0.25, -0.2) is 0 Å². The maximum Gasteiger partial charge on any atom is 0.227 e. The van der Waals surface area contributed by atoms with Gasteiger partial charge in [0, 0.05) is 32.7 Å². The number of rotatable bonds is 6. The molecule has 2 fully saturated rings. The molecule has 2 aliphatic rings. The van der Waals surface area contributed by atoms with Crippen LogP contribution in [0.1, 0.15) is 43.7 Å². The van der Waals surface area contributed by atoms with Crippen LogP contribution in [0, 0.1) is 12.8 Å². The van der Waals surface area contributed by atoms with Crippen LogP contribution >= 0.6 is 0 Å². The molecule has 144 valence electrons. The molecule has 0 radical (unpaired) electrons. The maximum atomic E-state index is 12.5. The Kier molecular flexibility index (Phi) is 7.09. The zero-order valence-corrected chi connectivity index (χ0v) is 16.5. The van der Waals surface area contributed by atoms with Gasteiger partial charge in [0.15, 0.2) is 0 Å². The van der Waals surface area contributed by atoms with Crippen LogP contribution in [0.2, 0.25) is 0 Å². The van der Waals surface area contributed by atoms with Gasteiger partial charge >= 0.3 is 0 Å². The molecule has 2 unspecified atom stereocenters. The number of carbonyl (C=O) groups excluding carboxylic acids is 1. The zero-order valence-electron chi connectivity index (χ0n) is 16.5. The second-order valence-electron chi connectivity index (χ2n) is 8.06. The molecule has 3 rings (SSSR count). The van der Waals surface area contributed by atoms with E-state index in [1.165, 1.54) is 31.2 Å². The Morgan fingerprint density at radius 3 is 2.46 bits per heavy atom. The van der Waals surface area contributed by atoms with E-state index in [0.717, 1.165) is 44.9 Å². The molecular weight excluding hydrogens is 324 g/mol. The molecular formula is C22H34N2O2. The molecule has 26 heavy (non-hydrogen) atoms. The summed E-state index contributed by atoms with van der Waals surface area (Å²) in [4.78, 5) is 16.9.